The van der Waals surface area contributed by atoms with E-state index in [1.165, 1.54) is 0 Å². The van der Waals surface area contributed by atoms with Crippen LogP contribution in [0.2, 0.25) is 0 Å². The Bertz CT molecular complexity index is 418. The van der Waals surface area contributed by atoms with Crippen LogP contribution in [0.4, 0.5) is 0 Å². The first-order valence-electron chi connectivity index (χ1n) is 6.00. The van der Waals surface area contributed by atoms with Crippen LogP contribution >= 0.6 is 0 Å². The SMILES string of the molecule is COC[C@@H]1C[C@@H](OC)CN1C(=O)c1cn[nH]c1C. The van der Waals surface area contributed by atoms with Crippen LogP contribution in [0.15, 0.2) is 6.20 Å². The Hall–Kier alpha value is -1.40. The fourth-order valence-corrected chi connectivity index (χ4v) is 2.36. The highest BCUT2D eigenvalue weighted by Crippen LogP contribution is 2.23. The third-order valence-corrected chi connectivity index (χ3v) is 3.39. The summed E-state index contributed by atoms with van der Waals surface area (Å²) >= 11 is 0. The summed E-state index contributed by atoms with van der Waals surface area (Å²) in [6, 6.07) is 0.0711. The molecule has 6 heteroatoms. The molecular weight excluding hydrogens is 234 g/mol. The van der Waals surface area contributed by atoms with Crippen LogP contribution in [0.3, 0.4) is 0 Å². The number of likely N-dealkylation sites (tertiary alicyclic amines) is 1. The molecule has 0 saturated carbocycles. The maximum atomic E-state index is 12.4. The van der Waals surface area contributed by atoms with Crippen molar-refractivity contribution in [2.75, 3.05) is 27.4 Å². The molecule has 6 nitrogen and oxygen atoms in total. The van der Waals surface area contributed by atoms with Gasteiger partial charge in [-0.25, -0.2) is 0 Å². The highest BCUT2D eigenvalue weighted by atomic mass is 16.5. The molecule has 1 aromatic rings. The summed E-state index contributed by atoms with van der Waals surface area (Å²) in [5.74, 6) is -0.0112. The lowest BCUT2D eigenvalue weighted by molar-refractivity contribution is 0.0611. The normalized spacial score (nSPS) is 23.6. The number of hydrogen-bond donors (Lipinski definition) is 1. The van der Waals surface area contributed by atoms with Crippen LogP contribution in [0, 0.1) is 6.92 Å². The summed E-state index contributed by atoms with van der Waals surface area (Å²) in [4.78, 5) is 14.2. The summed E-state index contributed by atoms with van der Waals surface area (Å²) in [6.07, 6.45) is 2.47. The van der Waals surface area contributed by atoms with E-state index in [0.29, 0.717) is 18.7 Å². The quantitative estimate of drug-likeness (QED) is 0.853. The Morgan fingerprint density at radius 1 is 1.61 bits per heavy atom. The maximum absolute atomic E-state index is 12.4. The van der Waals surface area contributed by atoms with E-state index in [2.05, 4.69) is 10.2 Å². The third-order valence-electron chi connectivity index (χ3n) is 3.39. The van der Waals surface area contributed by atoms with E-state index in [9.17, 15) is 4.79 Å². The van der Waals surface area contributed by atoms with Crippen molar-refractivity contribution in [2.24, 2.45) is 0 Å². The number of nitrogens with zero attached hydrogens (tertiary/aromatic N) is 2. The number of amides is 1. The van der Waals surface area contributed by atoms with E-state index in [0.717, 1.165) is 12.1 Å². The molecule has 0 spiro atoms. The van der Waals surface area contributed by atoms with E-state index < -0.39 is 0 Å². The molecule has 100 valence electrons. The van der Waals surface area contributed by atoms with Gasteiger partial charge in [0.2, 0.25) is 0 Å². The third kappa shape index (κ3) is 2.39. The fourth-order valence-electron chi connectivity index (χ4n) is 2.36. The van der Waals surface area contributed by atoms with Gasteiger partial charge in [0.25, 0.3) is 5.91 Å². The van der Waals surface area contributed by atoms with Crippen LogP contribution < -0.4 is 0 Å². The van der Waals surface area contributed by atoms with E-state index in [-0.39, 0.29) is 18.1 Å². The Labute approximate surface area is 106 Å². The first-order chi connectivity index (χ1) is 8.67. The number of carbonyl (C=O) groups is 1. The number of rotatable bonds is 4. The van der Waals surface area contributed by atoms with Gasteiger partial charge in [0, 0.05) is 26.5 Å². The van der Waals surface area contributed by atoms with Gasteiger partial charge in [-0.3, -0.25) is 9.89 Å². The molecular formula is C12H19N3O3. The first-order valence-corrected chi connectivity index (χ1v) is 6.00. The predicted molar refractivity (Wildman–Crippen MR) is 65.4 cm³/mol. The number of aromatic nitrogens is 2. The van der Waals surface area contributed by atoms with Gasteiger partial charge < -0.3 is 14.4 Å². The number of carbonyl (C=O) groups excluding carboxylic acids is 1. The molecule has 1 saturated heterocycles. The van der Waals surface area contributed by atoms with Crippen molar-refractivity contribution >= 4 is 5.91 Å². The van der Waals surface area contributed by atoms with Crippen molar-refractivity contribution in [3.63, 3.8) is 0 Å². The molecule has 1 amide bonds. The van der Waals surface area contributed by atoms with Gasteiger partial charge >= 0.3 is 0 Å². The van der Waals surface area contributed by atoms with Crippen LogP contribution in [0.25, 0.3) is 0 Å². The van der Waals surface area contributed by atoms with Gasteiger partial charge in [-0.15, -0.1) is 0 Å². The summed E-state index contributed by atoms with van der Waals surface area (Å²) in [5, 5.41) is 6.67. The van der Waals surface area contributed by atoms with Crippen molar-refractivity contribution in [3.8, 4) is 0 Å². The van der Waals surface area contributed by atoms with Crippen molar-refractivity contribution in [3.05, 3.63) is 17.5 Å². The molecule has 0 aromatic carbocycles. The highest BCUT2D eigenvalue weighted by molar-refractivity contribution is 5.95. The van der Waals surface area contributed by atoms with Crippen LogP contribution in [-0.2, 0) is 9.47 Å². The zero-order chi connectivity index (χ0) is 13.1. The Balaban J connectivity index is 2.15. The number of ether oxygens (including phenoxy) is 2. The van der Waals surface area contributed by atoms with Crippen LogP contribution in [0.5, 0.6) is 0 Å². The van der Waals surface area contributed by atoms with E-state index in [1.54, 1.807) is 20.4 Å². The second-order valence-electron chi connectivity index (χ2n) is 4.57. The Kier molecular flexibility index (Phi) is 3.98. The summed E-state index contributed by atoms with van der Waals surface area (Å²) < 4.78 is 10.5. The molecule has 1 aromatic heterocycles. The monoisotopic (exact) mass is 253 g/mol. The predicted octanol–water partition coefficient (Wildman–Crippen LogP) is 0.594. The number of aromatic amines is 1. The van der Waals surface area contributed by atoms with Crippen molar-refractivity contribution < 1.29 is 14.3 Å². The average Bonchev–Trinajstić information content (AvgIpc) is 2.95. The van der Waals surface area contributed by atoms with E-state index in [1.807, 2.05) is 11.8 Å². The minimum absolute atomic E-state index is 0.0112. The fraction of sp³-hybridized carbons (Fsp3) is 0.667. The zero-order valence-electron chi connectivity index (χ0n) is 11.0. The second kappa shape index (κ2) is 5.49. The molecule has 2 heterocycles. The first kappa shape index (κ1) is 13.0. The minimum Gasteiger partial charge on any atom is -0.383 e. The van der Waals surface area contributed by atoms with Gasteiger partial charge in [-0.05, 0) is 13.3 Å². The molecule has 2 rings (SSSR count). The molecule has 18 heavy (non-hydrogen) atoms. The molecule has 0 aliphatic carbocycles. The van der Waals surface area contributed by atoms with Crippen LogP contribution in [-0.4, -0.2) is 60.5 Å². The molecule has 1 aliphatic heterocycles. The van der Waals surface area contributed by atoms with Gasteiger partial charge in [0.15, 0.2) is 0 Å². The second-order valence-corrected chi connectivity index (χ2v) is 4.57. The molecule has 1 fully saturated rings. The van der Waals surface area contributed by atoms with E-state index in [4.69, 9.17) is 9.47 Å². The number of H-pyrrole nitrogens is 1. The zero-order valence-corrected chi connectivity index (χ0v) is 11.0. The topological polar surface area (TPSA) is 67.5 Å². The molecule has 0 radical (unpaired) electrons. The molecule has 1 aliphatic rings. The van der Waals surface area contributed by atoms with Crippen molar-refractivity contribution in [2.45, 2.75) is 25.5 Å². The number of nitrogens with one attached hydrogen (secondary N) is 1. The number of methoxy groups -OCH3 is 2. The Morgan fingerprint density at radius 3 is 2.94 bits per heavy atom. The Morgan fingerprint density at radius 2 is 2.39 bits per heavy atom. The van der Waals surface area contributed by atoms with E-state index >= 15 is 0 Å². The maximum Gasteiger partial charge on any atom is 0.257 e. The molecule has 2 atom stereocenters. The lowest BCUT2D eigenvalue weighted by Gasteiger charge is -2.23. The largest absolute Gasteiger partial charge is 0.383 e. The highest BCUT2D eigenvalue weighted by Gasteiger charge is 2.36. The lowest BCUT2D eigenvalue weighted by Crippen LogP contribution is -2.38. The lowest BCUT2D eigenvalue weighted by atomic mass is 10.2. The summed E-state index contributed by atoms with van der Waals surface area (Å²) in [5.41, 5.74) is 1.41. The average molecular weight is 253 g/mol. The standard InChI is InChI=1S/C12H19N3O3/c1-8-11(5-13-14-8)12(16)15-6-10(18-3)4-9(15)7-17-2/h5,9-10H,4,6-7H2,1-3H3,(H,13,14)/t9-,10+/m0/s1. The number of hydrogen-bond acceptors (Lipinski definition) is 4. The van der Waals surface area contributed by atoms with Gasteiger partial charge in [-0.2, -0.15) is 5.10 Å². The molecule has 0 unspecified atom stereocenters. The summed E-state index contributed by atoms with van der Waals surface area (Å²) in [7, 11) is 3.32. The van der Waals surface area contributed by atoms with Gasteiger partial charge in [-0.1, -0.05) is 0 Å². The van der Waals surface area contributed by atoms with Crippen molar-refractivity contribution in [1.82, 2.24) is 15.1 Å². The number of aryl methyl sites for hydroxylation is 1. The minimum atomic E-state index is -0.0112. The van der Waals surface area contributed by atoms with Crippen molar-refractivity contribution in [1.29, 1.82) is 0 Å². The van der Waals surface area contributed by atoms with Crippen LogP contribution in [0.1, 0.15) is 22.5 Å². The molecule has 1 N–H and O–H groups in total. The van der Waals surface area contributed by atoms with Gasteiger partial charge in [0.05, 0.1) is 30.5 Å². The molecule has 0 bridgehead atoms. The smallest absolute Gasteiger partial charge is 0.257 e. The van der Waals surface area contributed by atoms with Gasteiger partial charge in [0.1, 0.15) is 0 Å². The summed E-state index contributed by atoms with van der Waals surface area (Å²) in [6.45, 7) is 2.98.